The van der Waals surface area contributed by atoms with E-state index in [2.05, 4.69) is 26.0 Å². The number of aromatic nitrogens is 4. The molecule has 1 aliphatic carbocycles. The van der Waals surface area contributed by atoms with Crippen LogP contribution in [0.3, 0.4) is 0 Å². The summed E-state index contributed by atoms with van der Waals surface area (Å²) < 4.78 is 0. The molecule has 0 aromatic carbocycles. The number of anilines is 1. The fourth-order valence-electron chi connectivity index (χ4n) is 2.82. The largest absolute Gasteiger partial charge is 0.369 e. The Morgan fingerprint density at radius 2 is 2.00 bits per heavy atom. The Kier molecular flexibility index (Phi) is 2.81. The van der Waals surface area contributed by atoms with E-state index in [0.29, 0.717) is 17.0 Å². The molecular formula is C14H15N5OS. The molecule has 3 aromatic heterocycles. The van der Waals surface area contributed by atoms with E-state index in [1.165, 1.54) is 29.7 Å². The van der Waals surface area contributed by atoms with Gasteiger partial charge in [0.1, 0.15) is 0 Å². The molecule has 0 atom stereocenters. The van der Waals surface area contributed by atoms with Gasteiger partial charge in [-0.05, 0) is 37.3 Å². The van der Waals surface area contributed by atoms with Crippen LogP contribution in [0.25, 0.3) is 21.9 Å². The predicted molar refractivity (Wildman–Crippen MR) is 83.5 cm³/mol. The third-order valence-corrected chi connectivity index (χ3v) is 5.10. The van der Waals surface area contributed by atoms with E-state index in [0.717, 1.165) is 17.7 Å². The van der Waals surface area contributed by atoms with Crippen LogP contribution in [0.5, 0.6) is 0 Å². The maximum Gasteiger partial charge on any atom is 0.278 e. The molecule has 0 spiro atoms. The molecule has 0 radical (unpaired) electrons. The number of nitrogens with one attached hydrogen (secondary N) is 2. The second kappa shape index (κ2) is 4.70. The van der Waals surface area contributed by atoms with Crippen molar-refractivity contribution in [3.63, 3.8) is 0 Å². The number of fused-ring (bicyclic) bond motifs is 2. The Labute approximate surface area is 124 Å². The second-order valence-corrected chi connectivity index (χ2v) is 6.49. The lowest BCUT2D eigenvalue weighted by Gasteiger charge is -1.92. The van der Waals surface area contributed by atoms with Gasteiger partial charge in [0.05, 0.1) is 4.88 Å². The summed E-state index contributed by atoms with van der Waals surface area (Å²) in [4.78, 5) is 28.4. The molecule has 0 amide bonds. The quantitative estimate of drug-likeness (QED) is 0.600. The number of hydrogen-bond acceptors (Lipinski definition) is 5. The van der Waals surface area contributed by atoms with Crippen molar-refractivity contribution < 1.29 is 0 Å². The number of imidazole rings is 1. The van der Waals surface area contributed by atoms with Crippen molar-refractivity contribution in [3.05, 3.63) is 26.9 Å². The molecule has 4 rings (SSSR count). The Bertz CT molecular complexity index is 852. The third-order valence-electron chi connectivity index (χ3n) is 3.86. The highest BCUT2D eigenvalue weighted by atomic mass is 32.1. The molecule has 7 heteroatoms. The van der Waals surface area contributed by atoms with E-state index < -0.39 is 0 Å². The first-order chi connectivity index (χ1) is 10.2. The summed E-state index contributed by atoms with van der Waals surface area (Å²) in [6, 6.07) is 2.20. The Morgan fingerprint density at radius 1 is 1.14 bits per heavy atom. The van der Waals surface area contributed by atoms with Gasteiger partial charge < -0.3 is 10.7 Å². The van der Waals surface area contributed by atoms with Gasteiger partial charge in [0.25, 0.3) is 5.56 Å². The number of nitrogens with two attached hydrogens (primary N) is 1. The zero-order valence-corrected chi connectivity index (χ0v) is 12.2. The van der Waals surface area contributed by atoms with Crippen molar-refractivity contribution in [2.75, 3.05) is 5.73 Å². The second-order valence-electron chi connectivity index (χ2n) is 5.35. The molecule has 3 heterocycles. The molecule has 1 aliphatic rings. The standard InChI is InChI=1S/C14H15N5OS/c15-14-18-12-10(13(20)19-14)16-11(17-12)9-6-7-4-2-1-3-5-8(7)21-9/h6H,1-5H2,(H4,15,16,17,18,19,20). The molecule has 0 unspecified atom stereocenters. The van der Waals surface area contributed by atoms with Crippen LogP contribution in [0, 0.1) is 0 Å². The first-order valence-electron chi connectivity index (χ1n) is 7.08. The number of thiophene rings is 1. The van der Waals surface area contributed by atoms with Gasteiger partial charge in [0.2, 0.25) is 5.95 Å². The molecule has 0 fully saturated rings. The molecule has 0 bridgehead atoms. The molecule has 6 nitrogen and oxygen atoms in total. The van der Waals surface area contributed by atoms with Gasteiger partial charge in [0.15, 0.2) is 17.0 Å². The highest BCUT2D eigenvalue weighted by molar-refractivity contribution is 7.15. The molecule has 108 valence electrons. The zero-order valence-electron chi connectivity index (χ0n) is 11.4. The van der Waals surface area contributed by atoms with Gasteiger partial charge >= 0.3 is 0 Å². The number of H-pyrrole nitrogens is 2. The van der Waals surface area contributed by atoms with Crippen LogP contribution in [-0.4, -0.2) is 19.9 Å². The minimum atomic E-state index is -0.283. The lowest BCUT2D eigenvalue weighted by atomic mass is 10.1. The van der Waals surface area contributed by atoms with E-state index in [1.54, 1.807) is 11.3 Å². The van der Waals surface area contributed by atoms with Crippen molar-refractivity contribution in [1.82, 2.24) is 19.9 Å². The van der Waals surface area contributed by atoms with Crippen LogP contribution in [0.4, 0.5) is 5.95 Å². The van der Waals surface area contributed by atoms with Crippen molar-refractivity contribution in [2.24, 2.45) is 0 Å². The van der Waals surface area contributed by atoms with Crippen LogP contribution >= 0.6 is 11.3 Å². The summed E-state index contributed by atoms with van der Waals surface area (Å²) in [6.45, 7) is 0. The minimum Gasteiger partial charge on any atom is -0.369 e. The monoisotopic (exact) mass is 301 g/mol. The van der Waals surface area contributed by atoms with E-state index in [9.17, 15) is 4.79 Å². The first-order valence-corrected chi connectivity index (χ1v) is 7.90. The lowest BCUT2D eigenvalue weighted by molar-refractivity contribution is 0.713. The van der Waals surface area contributed by atoms with E-state index in [-0.39, 0.29) is 11.5 Å². The van der Waals surface area contributed by atoms with Gasteiger partial charge in [-0.2, -0.15) is 4.98 Å². The molecule has 0 saturated heterocycles. The third kappa shape index (κ3) is 2.13. The van der Waals surface area contributed by atoms with Crippen molar-refractivity contribution in [3.8, 4) is 10.7 Å². The molecule has 0 aliphatic heterocycles. The molecule has 0 saturated carbocycles. The van der Waals surface area contributed by atoms with Crippen molar-refractivity contribution in [2.45, 2.75) is 32.1 Å². The van der Waals surface area contributed by atoms with Gasteiger partial charge in [-0.15, -0.1) is 11.3 Å². The highest BCUT2D eigenvalue weighted by Crippen LogP contribution is 2.34. The average Bonchev–Trinajstić information content (AvgIpc) is 2.98. The predicted octanol–water partition coefficient (Wildman–Crippen LogP) is 2.23. The summed E-state index contributed by atoms with van der Waals surface area (Å²) in [6.07, 6.45) is 6.09. The van der Waals surface area contributed by atoms with Crippen LogP contribution in [0.2, 0.25) is 0 Å². The number of nitrogen functional groups attached to an aromatic ring is 1. The maximum atomic E-state index is 11.8. The van der Waals surface area contributed by atoms with Gasteiger partial charge in [-0.3, -0.25) is 9.78 Å². The number of nitrogens with zero attached hydrogens (tertiary/aromatic N) is 2. The van der Waals surface area contributed by atoms with E-state index in [1.807, 2.05) is 0 Å². The summed E-state index contributed by atoms with van der Waals surface area (Å²) in [5, 5.41) is 0. The van der Waals surface area contributed by atoms with Gasteiger partial charge in [0, 0.05) is 4.88 Å². The highest BCUT2D eigenvalue weighted by Gasteiger charge is 2.16. The molecule has 4 N–H and O–H groups in total. The van der Waals surface area contributed by atoms with Crippen LogP contribution in [0.1, 0.15) is 29.7 Å². The first kappa shape index (κ1) is 12.6. The fraction of sp³-hybridized carbons (Fsp3) is 0.357. The molecular weight excluding hydrogens is 286 g/mol. The Morgan fingerprint density at radius 3 is 2.90 bits per heavy atom. The lowest BCUT2D eigenvalue weighted by Crippen LogP contribution is -2.10. The van der Waals surface area contributed by atoms with Gasteiger partial charge in [-0.1, -0.05) is 6.42 Å². The zero-order chi connectivity index (χ0) is 14.4. The SMILES string of the molecule is Nc1nc2nc(-c3cc4c(s3)CCCCC4)[nH]c2c(=O)[nH]1. The Balaban J connectivity index is 1.83. The summed E-state index contributed by atoms with van der Waals surface area (Å²) in [7, 11) is 0. The smallest absolute Gasteiger partial charge is 0.278 e. The van der Waals surface area contributed by atoms with E-state index in [4.69, 9.17) is 5.73 Å². The molecule has 21 heavy (non-hydrogen) atoms. The number of aryl methyl sites for hydroxylation is 2. The molecule has 3 aromatic rings. The van der Waals surface area contributed by atoms with Crippen LogP contribution in [-0.2, 0) is 12.8 Å². The summed E-state index contributed by atoms with van der Waals surface area (Å²) >= 11 is 1.76. The maximum absolute atomic E-state index is 11.8. The van der Waals surface area contributed by atoms with Crippen LogP contribution < -0.4 is 11.3 Å². The summed E-state index contributed by atoms with van der Waals surface area (Å²) in [5.74, 6) is 0.791. The van der Waals surface area contributed by atoms with E-state index >= 15 is 0 Å². The Hall–Kier alpha value is -2.15. The summed E-state index contributed by atoms with van der Waals surface area (Å²) in [5.41, 5.74) is 7.44. The normalized spacial score (nSPS) is 15.0. The minimum absolute atomic E-state index is 0.0903. The fourth-order valence-corrected chi connectivity index (χ4v) is 4.02. The number of aromatic amines is 2. The van der Waals surface area contributed by atoms with Gasteiger partial charge in [-0.25, -0.2) is 4.98 Å². The van der Waals surface area contributed by atoms with Crippen LogP contribution in [0.15, 0.2) is 10.9 Å². The van der Waals surface area contributed by atoms with Crippen molar-refractivity contribution in [1.29, 1.82) is 0 Å². The number of rotatable bonds is 1. The number of hydrogen-bond donors (Lipinski definition) is 3. The topological polar surface area (TPSA) is 100 Å². The average molecular weight is 301 g/mol. The van der Waals surface area contributed by atoms with Crippen molar-refractivity contribution >= 4 is 28.4 Å².